The topological polar surface area (TPSA) is 0 Å². The Morgan fingerprint density at radius 3 is 1.97 bits per heavy atom. The molecule has 0 saturated heterocycles. The predicted molar refractivity (Wildman–Crippen MR) is 102 cm³/mol. The van der Waals surface area contributed by atoms with Gasteiger partial charge in [0.1, 0.15) is 0 Å². The summed E-state index contributed by atoms with van der Waals surface area (Å²) in [6.45, 7) is 5.97. The zero-order valence-corrected chi connectivity index (χ0v) is 16.4. The molecule has 0 spiro atoms. The smallest absolute Gasteiger partial charge is 0.166 e. The van der Waals surface area contributed by atoms with Crippen molar-refractivity contribution in [3.63, 3.8) is 0 Å². The quantitative estimate of drug-likeness (QED) is 0.447. The van der Waals surface area contributed by atoms with Crippen molar-refractivity contribution in [2.75, 3.05) is 0 Å². The summed E-state index contributed by atoms with van der Waals surface area (Å²) in [4.78, 5) is 0. The van der Waals surface area contributed by atoms with Crippen LogP contribution in [0.3, 0.4) is 0 Å². The summed E-state index contributed by atoms with van der Waals surface area (Å²) in [5, 5.41) is 0. The summed E-state index contributed by atoms with van der Waals surface area (Å²) in [5.41, 5.74) is 1.43. The van der Waals surface area contributed by atoms with Crippen LogP contribution in [0.15, 0.2) is 35.9 Å². The highest BCUT2D eigenvalue weighted by Gasteiger charge is 2.37. The minimum Gasteiger partial charge on any atom is -0.166 e. The van der Waals surface area contributed by atoms with Crippen LogP contribution in [0.2, 0.25) is 0 Å². The highest BCUT2D eigenvalue weighted by Crippen LogP contribution is 2.43. The van der Waals surface area contributed by atoms with Crippen molar-refractivity contribution >= 4 is 6.08 Å². The van der Waals surface area contributed by atoms with E-state index in [0.29, 0.717) is 24.3 Å². The van der Waals surface area contributed by atoms with Crippen LogP contribution in [0.5, 0.6) is 0 Å². The largest absolute Gasteiger partial charge is 0.416 e. The Morgan fingerprint density at radius 1 is 0.897 bits per heavy atom. The Bertz CT molecular complexity index is 915. The molecule has 0 radical (unpaired) electrons. The molecule has 0 saturated carbocycles. The lowest BCUT2D eigenvalue weighted by Crippen LogP contribution is -2.11. The van der Waals surface area contributed by atoms with Gasteiger partial charge in [-0.2, -0.15) is 26.3 Å². The first-order valence-electron chi connectivity index (χ1n) is 9.60. The average molecular weight is 412 g/mol. The van der Waals surface area contributed by atoms with E-state index in [1.54, 1.807) is 0 Å². The number of hydrogen-bond donors (Lipinski definition) is 0. The summed E-state index contributed by atoms with van der Waals surface area (Å²) in [5.74, 6) is 0.299. The number of allylic oxidation sites excluding steroid dienone is 1. The van der Waals surface area contributed by atoms with E-state index in [0.717, 1.165) is 40.8 Å². The van der Waals surface area contributed by atoms with Crippen molar-refractivity contribution in [2.45, 2.75) is 52.4 Å². The lowest BCUT2D eigenvalue weighted by Gasteiger charge is -2.18. The molecule has 0 bridgehead atoms. The van der Waals surface area contributed by atoms with Crippen LogP contribution in [0.4, 0.5) is 26.3 Å². The third-order valence-electron chi connectivity index (χ3n) is 5.65. The van der Waals surface area contributed by atoms with E-state index >= 15 is 0 Å². The molecule has 2 aromatic rings. The third kappa shape index (κ3) is 4.21. The number of alkyl halides is 6. The van der Waals surface area contributed by atoms with Gasteiger partial charge in [0.05, 0.1) is 11.1 Å². The highest BCUT2D eigenvalue weighted by atomic mass is 19.4. The predicted octanol–water partition coefficient (Wildman–Crippen LogP) is 7.94. The van der Waals surface area contributed by atoms with Gasteiger partial charge in [0.25, 0.3) is 0 Å². The Labute approximate surface area is 166 Å². The maximum absolute atomic E-state index is 13.3. The van der Waals surface area contributed by atoms with Crippen LogP contribution in [-0.2, 0) is 25.2 Å². The molecule has 29 heavy (non-hydrogen) atoms. The van der Waals surface area contributed by atoms with E-state index in [1.807, 2.05) is 25.1 Å². The average Bonchev–Trinajstić information content (AvgIpc) is 3.08. The highest BCUT2D eigenvalue weighted by molar-refractivity contribution is 5.84. The van der Waals surface area contributed by atoms with E-state index in [1.165, 1.54) is 0 Å². The van der Waals surface area contributed by atoms with E-state index < -0.39 is 23.5 Å². The summed E-state index contributed by atoms with van der Waals surface area (Å²) >= 11 is 0. The molecule has 1 aliphatic carbocycles. The van der Waals surface area contributed by atoms with Gasteiger partial charge in [-0.3, -0.25) is 0 Å². The molecule has 2 aromatic carbocycles. The van der Waals surface area contributed by atoms with Gasteiger partial charge in [-0.15, -0.1) is 0 Å². The van der Waals surface area contributed by atoms with Crippen molar-refractivity contribution in [2.24, 2.45) is 5.92 Å². The summed E-state index contributed by atoms with van der Waals surface area (Å²) in [6, 6.07) is 5.59. The molecule has 1 aliphatic rings. The number of rotatable bonds is 4. The van der Waals surface area contributed by atoms with Crippen LogP contribution in [0, 0.1) is 5.92 Å². The van der Waals surface area contributed by atoms with Gasteiger partial charge in [0.2, 0.25) is 0 Å². The van der Waals surface area contributed by atoms with Crippen LogP contribution < -0.4 is 0 Å². The minimum atomic E-state index is -4.86. The molecular formula is C23H22F6. The van der Waals surface area contributed by atoms with Gasteiger partial charge in [0, 0.05) is 0 Å². The van der Waals surface area contributed by atoms with Crippen LogP contribution in [0.1, 0.15) is 55.0 Å². The fraction of sp³-hybridized carbons (Fsp3) is 0.391. The molecule has 0 heterocycles. The maximum Gasteiger partial charge on any atom is 0.416 e. The van der Waals surface area contributed by atoms with Gasteiger partial charge in [-0.05, 0) is 71.2 Å². The molecule has 0 N–H and O–H groups in total. The maximum atomic E-state index is 13.3. The van der Waals surface area contributed by atoms with Crippen molar-refractivity contribution in [3.05, 3.63) is 63.7 Å². The van der Waals surface area contributed by atoms with E-state index in [9.17, 15) is 26.3 Å². The zero-order chi connectivity index (χ0) is 21.6. The second-order valence-electron chi connectivity index (χ2n) is 7.53. The molecular weight excluding hydrogens is 390 g/mol. The van der Waals surface area contributed by atoms with E-state index in [4.69, 9.17) is 0 Å². The first-order valence-corrected chi connectivity index (χ1v) is 9.60. The van der Waals surface area contributed by atoms with Crippen LogP contribution >= 0.6 is 0 Å². The van der Waals surface area contributed by atoms with Gasteiger partial charge < -0.3 is 0 Å². The fourth-order valence-electron chi connectivity index (χ4n) is 3.80. The molecule has 6 heteroatoms. The second kappa shape index (κ2) is 7.54. The van der Waals surface area contributed by atoms with Gasteiger partial charge in [-0.25, -0.2) is 0 Å². The van der Waals surface area contributed by atoms with Crippen molar-refractivity contribution in [1.29, 1.82) is 0 Å². The minimum absolute atomic E-state index is 0.0394. The number of hydrogen-bond acceptors (Lipinski definition) is 0. The van der Waals surface area contributed by atoms with Crippen LogP contribution in [0.25, 0.3) is 17.2 Å². The Kier molecular flexibility index (Phi) is 5.58. The Hall–Kier alpha value is -2.24. The van der Waals surface area contributed by atoms with Crippen molar-refractivity contribution in [3.8, 4) is 11.1 Å². The molecule has 0 aliphatic heterocycles. The molecule has 156 valence electrons. The monoisotopic (exact) mass is 412 g/mol. The van der Waals surface area contributed by atoms with E-state index in [2.05, 4.69) is 13.8 Å². The van der Waals surface area contributed by atoms with Crippen molar-refractivity contribution < 1.29 is 26.3 Å². The summed E-state index contributed by atoms with van der Waals surface area (Å²) in [7, 11) is 0. The Balaban J connectivity index is 2.29. The SMILES string of the molecule is CCc1ccc2c(c1-c1cc(C(F)(F)F)cc(C(F)(F)F)c1)C=C(C(C)CC)C2. The normalized spacial score (nSPS) is 15.3. The molecule has 1 unspecified atom stereocenters. The first kappa shape index (κ1) is 21.5. The van der Waals surface area contributed by atoms with Crippen molar-refractivity contribution in [1.82, 2.24) is 0 Å². The molecule has 1 atom stereocenters. The molecule has 0 aromatic heterocycles. The first-order chi connectivity index (χ1) is 13.5. The number of aryl methyl sites for hydroxylation is 1. The number of fused-ring (bicyclic) bond motifs is 1. The fourth-order valence-corrected chi connectivity index (χ4v) is 3.80. The summed E-state index contributed by atoms with van der Waals surface area (Å²) in [6.07, 6.45) is -5.68. The lowest BCUT2D eigenvalue weighted by molar-refractivity contribution is -0.143. The third-order valence-corrected chi connectivity index (χ3v) is 5.65. The Morgan fingerprint density at radius 2 is 1.48 bits per heavy atom. The zero-order valence-electron chi connectivity index (χ0n) is 16.4. The molecule has 0 nitrogen and oxygen atoms in total. The molecule has 0 amide bonds. The van der Waals surface area contributed by atoms with Gasteiger partial charge in [0.15, 0.2) is 0 Å². The van der Waals surface area contributed by atoms with Gasteiger partial charge >= 0.3 is 12.4 Å². The molecule has 0 fully saturated rings. The summed E-state index contributed by atoms with van der Waals surface area (Å²) < 4.78 is 80.1. The molecule has 3 rings (SSSR count). The number of halogens is 6. The number of benzene rings is 2. The lowest BCUT2D eigenvalue weighted by atomic mass is 9.89. The van der Waals surface area contributed by atoms with Gasteiger partial charge in [-0.1, -0.05) is 44.6 Å². The standard InChI is InChI=1S/C23H22F6/c1-4-13(3)16-8-15-7-6-14(5-2)21(20(15)11-16)17-9-18(22(24,25)26)12-19(10-17)23(27,28)29/h6-7,9-13H,4-5,8H2,1-3H3. The second-order valence-corrected chi connectivity index (χ2v) is 7.53. The van der Waals surface area contributed by atoms with Crippen LogP contribution in [-0.4, -0.2) is 0 Å². The van der Waals surface area contributed by atoms with E-state index in [-0.39, 0.29) is 11.6 Å².